The molecule has 150 valence electrons. The minimum Gasteiger partial charge on any atom is -0.509 e. The first kappa shape index (κ1) is 21.5. The fourth-order valence-corrected chi connectivity index (χ4v) is 2.43. The summed E-state index contributed by atoms with van der Waals surface area (Å²) in [5.41, 5.74) is 0.375. The number of rotatable bonds is 7. The van der Waals surface area contributed by atoms with E-state index in [4.69, 9.17) is 0 Å². The zero-order valence-corrected chi connectivity index (χ0v) is 14.5. The van der Waals surface area contributed by atoms with Crippen LogP contribution in [0.15, 0.2) is 60.0 Å². The van der Waals surface area contributed by atoms with E-state index in [9.17, 15) is 39.4 Å². The Morgan fingerprint density at radius 1 is 0.679 bits per heavy atom. The van der Waals surface area contributed by atoms with Gasteiger partial charge >= 0.3 is 0 Å². The fraction of sp³-hybridized carbons (Fsp3) is 0.200. The predicted octanol–water partition coefficient (Wildman–Crippen LogP) is 1.91. The van der Waals surface area contributed by atoms with Crippen molar-refractivity contribution in [3.8, 4) is 0 Å². The molecule has 2 aromatic carbocycles. The molecule has 28 heavy (non-hydrogen) atoms. The number of benzene rings is 2. The van der Waals surface area contributed by atoms with Crippen molar-refractivity contribution in [2.75, 3.05) is 0 Å². The van der Waals surface area contributed by atoms with Gasteiger partial charge in [0.1, 0.15) is 47.6 Å². The van der Waals surface area contributed by atoms with Gasteiger partial charge in [0.05, 0.1) is 0 Å². The Bertz CT molecular complexity index is 796. The van der Waals surface area contributed by atoms with Crippen LogP contribution in [0.2, 0.25) is 0 Å². The van der Waals surface area contributed by atoms with E-state index >= 15 is 0 Å². The monoisotopic (exact) mass is 394 g/mol. The lowest BCUT2D eigenvalue weighted by molar-refractivity contribution is -0.0996. The van der Waals surface area contributed by atoms with Gasteiger partial charge in [-0.1, -0.05) is 24.3 Å². The summed E-state index contributed by atoms with van der Waals surface area (Å²) >= 11 is 0. The molecule has 8 heteroatoms. The van der Waals surface area contributed by atoms with E-state index in [0.717, 1.165) is 24.3 Å². The molecule has 0 radical (unpaired) electrons. The van der Waals surface area contributed by atoms with Gasteiger partial charge in [0.2, 0.25) is 0 Å². The third kappa shape index (κ3) is 5.61. The molecule has 0 amide bonds. The Hall–Kier alpha value is -2.78. The van der Waals surface area contributed by atoms with Crippen molar-refractivity contribution in [3.63, 3.8) is 0 Å². The van der Waals surface area contributed by atoms with Gasteiger partial charge in [-0.25, -0.2) is 8.78 Å². The van der Waals surface area contributed by atoms with E-state index in [0.29, 0.717) is 0 Å². The molecule has 0 aliphatic rings. The lowest BCUT2D eigenvalue weighted by Gasteiger charge is -2.26. The van der Waals surface area contributed by atoms with Crippen molar-refractivity contribution in [1.82, 2.24) is 0 Å². The molecule has 0 fully saturated rings. The third-order valence-electron chi connectivity index (χ3n) is 3.93. The molecule has 0 bridgehead atoms. The lowest BCUT2D eigenvalue weighted by atomic mass is 9.98. The van der Waals surface area contributed by atoms with Gasteiger partial charge in [-0.15, -0.1) is 0 Å². The summed E-state index contributed by atoms with van der Waals surface area (Å²) in [5, 5.41) is 59.7. The standard InChI is InChI=1S/C20H20F2O6/c21-13-5-1-3-11(7-13)9-15(23)17(25)19(27)20(28)18(26)16(24)10-12-4-2-6-14(22)8-12/h1-10,17-20,23-28H/t17-,18+,19-,20-/m1/s1. The van der Waals surface area contributed by atoms with Crippen molar-refractivity contribution in [1.29, 1.82) is 0 Å². The Morgan fingerprint density at radius 3 is 1.36 bits per heavy atom. The minimum atomic E-state index is -2.09. The van der Waals surface area contributed by atoms with E-state index in [1.807, 2.05) is 0 Å². The molecule has 0 unspecified atom stereocenters. The third-order valence-corrected chi connectivity index (χ3v) is 3.93. The predicted molar refractivity (Wildman–Crippen MR) is 98.0 cm³/mol. The van der Waals surface area contributed by atoms with Gasteiger partial charge in [-0.3, -0.25) is 0 Å². The summed E-state index contributed by atoms with van der Waals surface area (Å²) in [6, 6.07) is 10.1. The van der Waals surface area contributed by atoms with Gasteiger partial charge in [0, 0.05) is 0 Å². The van der Waals surface area contributed by atoms with Crippen LogP contribution in [-0.4, -0.2) is 55.1 Å². The molecular weight excluding hydrogens is 374 g/mol. The summed E-state index contributed by atoms with van der Waals surface area (Å²) in [7, 11) is 0. The van der Waals surface area contributed by atoms with E-state index in [1.54, 1.807) is 0 Å². The van der Waals surface area contributed by atoms with Crippen molar-refractivity contribution in [2.24, 2.45) is 0 Å². The van der Waals surface area contributed by atoms with Crippen molar-refractivity contribution >= 4 is 12.2 Å². The molecule has 6 nitrogen and oxygen atoms in total. The largest absolute Gasteiger partial charge is 0.509 e. The zero-order valence-electron chi connectivity index (χ0n) is 14.5. The van der Waals surface area contributed by atoms with Gasteiger partial charge in [-0.05, 0) is 47.5 Å². The van der Waals surface area contributed by atoms with Crippen molar-refractivity contribution in [3.05, 3.63) is 82.8 Å². The highest BCUT2D eigenvalue weighted by Crippen LogP contribution is 2.18. The molecule has 0 aliphatic heterocycles. The topological polar surface area (TPSA) is 121 Å². The van der Waals surface area contributed by atoms with Crippen LogP contribution in [0.1, 0.15) is 11.1 Å². The summed E-state index contributed by atoms with van der Waals surface area (Å²) in [5.74, 6) is -2.75. The van der Waals surface area contributed by atoms with E-state index < -0.39 is 47.6 Å². The summed E-state index contributed by atoms with van der Waals surface area (Å²) in [4.78, 5) is 0. The second-order valence-corrected chi connectivity index (χ2v) is 6.12. The molecule has 0 saturated heterocycles. The summed E-state index contributed by atoms with van der Waals surface area (Å²) in [6.45, 7) is 0. The van der Waals surface area contributed by atoms with Crippen LogP contribution >= 0.6 is 0 Å². The number of halogens is 2. The first-order valence-corrected chi connectivity index (χ1v) is 8.23. The normalized spacial score (nSPS) is 17.1. The van der Waals surface area contributed by atoms with Gasteiger partial charge in [0.25, 0.3) is 0 Å². The molecule has 4 atom stereocenters. The van der Waals surface area contributed by atoms with Crippen LogP contribution in [0.25, 0.3) is 12.2 Å². The summed E-state index contributed by atoms with van der Waals surface area (Å²) < 4.78 is 26.3. The molecule has 2 rings (SSSR count). The van der Waals surface area contributed by atoms with Crippen LogP contribution < -0.4 is 0 Å². The maximum absolute atomic E-state index is 13.2. The number of aliphatic hydroxyl groups is 6. The Balaban J connectivity index is 2.12. The van der Waals surface area contributed by atoms with Crippen molar-refractivity contribution < 1.29 is 39.4 Å². The highest BCUT2D eigenvalue weighted by molar-refractivity contribution is 5.53. The SMILES string of the molecule is OC(=Cc1cccc(F)c1)[C@@H](O)[C@@H](O)[C@H](O)[C@@H](O)C(O)=Cc1cccc(F)c1. The van der Waals surface area contributed by atoms with Crippen LogP contribution in [0.4, 0.5) is 8.78 Å². The molecule has 0 heterocycles. The van der Waals surface area contributed by atoms with E-state index in [1.165, 1.54) is 36.4 Å². The van der Waals surface area contributed by atoms with Crippen molar-refractivity contribution in [2.45, 2.75) is 24.4 Å². The molecule has 0 aromatic heterocycles. The minimum absolute atomic E-state index is 0.188. The molecule has 0 aliphatic carbocycles. The average Bonchev–Trinajstić information content (AvgIpc) is 2.65. The van der Waals surface area contributed by atoms with Gasteiger partial charge < -0.3 is 30.6 Å². The Morgan fingerprint density at radius 2 is 1.04 bits per heavy atom. The molecular formula is C20H20F2O6. The maximum atomic E-state index is 13.2. The molecule has 0 saturated carbocycles. The second-order valence-electron chi connectivity index (χ2n) is 6.12. The smallest absolute Gasteiger partial charge is 0.139 e. The average molecular weight is 394 g/mol. The first-order valence-electron chi connectivity index (χ1n) is 8.23. The maximum Gasteiger partial charge on any atom is 0.139 e. The van der Waals surface area contributed by atoms with E-state index in [2.05, 4.69) is 0 Å². The highest BCUT2D eigenvalue weighted by atomic mass is 19.1. The quantitative estimate of drug-likeness (QED) is 0.399. The number of hydrogen-bond donors (Lipinski definition) is 6. The Labute approximate surface area is 159 Å². The van der Waals surface area contributed by atoms with Crippen LogP contribution in [-0.2, 0) is 0 Å². The zero-order chi connectivity index (χ0) is 20.8. The first-order chi connectivity index (χ1) is 13.2. The van der Waals surface area contributed by atoms with E-state index in [-0.39, 0.29) is 11.1 Å². The van der Waals surface area contributed by atoms with Crippen LogP contribution in [0.3, 0.4) is 0 Å². The molecule has 0 spiro atoms. The number of aliphatic hydroxyl groups excluding tert-OH is 6. The van der Waals surface area contributed by atoms with Gasteiger partial charge in [-0.2, -0.15) is 0 Å². The summed E-state index contributed by atoms with van der Waals surface area (Å²) in [6.07, 6.45) is -6.31. The highest BCUT2D eigenvalue weighted by Gasteiger charge is 2.34. The number of hydrogen-bond acceptors (Lipinski definition) is 6. The second kappa shape index (κ2) is 9.43. The van der Waals surface area contributed by atoms with Crippen LogP contribution in [0.5, 0.6) is 0 Å². The Kier molecular flexibility index (Phi) is 7.24. The molecule has 6 N–H and O–H groups in total. The van der Waals surface area contributed by atoms with Gasteiger partial charge in [0.15, 0.2) is 0 Å². The fourth-order valence-electron chi connectivity index (χ4n) is 2.43. The lowest BCUT2D eigenvalue weighted by Crippen LogP contribution is -2.45. The molecule has 2 aromatic rings. The van der Waals surface area contributed by atoms with Crippen LogP contribution in [0, 0.1) is 11.6 Å².